The van der Waals surface area contributed by atoms with Crippen molar-refractivity contribution in [3.8, 4) is 5.75 Å². The second-order valence-electron chi connectivity index (χ2n) is 4.22. The van der Waals surface area contributed by atoms with Gasteiger partial charge in [-0.15, -0.1) is 10.2 Å². The number of hydrogen-bond acceptors (Lipinski definition) is 4. The molecule has 5 nitrogen and oxygen atoms in total. The fourth-order valence-electron chi connectivity index (χ4n) is 2.07. The molecule has 0 aliphatic rings. The van der Waals surface area contributed by atoms with Crippen molar-refractivity contribution in [2.75, 3.05) is 6.61 Å². The molecule has 0 saturated carbocycles. The normalized spacial score (nSPS) is 11.2. The predicted molar refractivity (Wildman–Crippen MR) is 78.1 cm³/mol. The molecule has 0 aliphatic carbocycles. The smallest absolute Gasteiger partial charge is 0.141 e. The first-order chi connectivity index (χ1) is 9.88. The number of hydrogen-bond donors (Lipinski definition) is 0. The van der Waals surface area contributed by atoms with Crippen molar-refractivity contribution in [2.45, 2.75) is 6.92 Å². The summed E-state index contributed by atoms with van der Waals surface area (Å²) in [5.41, 5.74) is 0.957. The molecule has 0 unspecified atom stereocenters. The van der Waals surface area contributed by atoms with Crippen LogP contribution in [0.15, 0.2) is 54.2 Å². The van der Waals surface area contributed by atoms with E-state index in [9.17, 15) is 0 Å². The van der Waals surface area contributed by atoms with E-state index in [1.54, 1.807) is 23.5 Å². The van der Waals surface area contributed by atoms with Crippen LogP contribution < -0.4 is 4.74 Å². The van der Waals surface area contributed by atoms with Crippen LogP contribution in [0, 0.1) is 0 Å². The standard InChI is InChI=1S/C15H14N4O/c1-2-20-15-8-7-12-5-3-4-6-13(12)14(15)9-18-19-10-16-17-11-19/h3-11H,2H2,1H3. The Labute approximate surface area is 116 Å². The van der Waals surface area contributed by atoms with Crippen molar-refractivity contribution in [3.63, 3.8) is 0 Å². The summed E-state index contributed by atoms with van der Waals surface area (Å²) in [5, 5.41) is 14.0. The van der Waals surface area contributed by atoms with E-state index in [1.807, 2.05) is 25.1 Å². The highest BCUT2D eigenvalue weighted by atomic mass is 16.5. The Hall–Kier alpha value is -2.69. The van der Waals surface area contributed by atoms with Gasteiger partial charge in [0.25, 0.3) is 0 Å². The van der Waals surface area contributed by atoms with Gasteiger partial charge >= 0.3 is 0 Å². The molecule has 1 aromatic heterocycles. The van der Waals surface area contributed by atoms with E-state index in [0.717, 1.165) is 22.1 Å². The van der Waals surface area contributed by atoms with Crippen LogP contribution in [0.1, 0.15) is 12.5 Å². The number of aromatic nitrogens is 3. The third-order valence-corrected chi connectivity index (χ3v) is 2.96. The summed E-state index contributed by atoms with van der Waals surface area (Å²) in [7, 11) is 0. The maximum atomic E-state index is 5.68. The first kappa shape index (κ1) is 12.3. The summed E-state index contributed by atoms with van der Waals surface area (Å²) >= 11 is 0. The van der Waals surface area contributed by atoms with E-state index < -0.39 is 0 Å². The van der Waals surface area contributed by atoms with E-state index in [-0.39, 0.29) is 0 Å². The van der Waals surface area contributed by atoms with Gasteiger partial charge in [0.05, 0.1) is 12.8 Å². The maximum absolute atomic E-state index is 5.68. The Balaban J connectivity index is 2.12. The molecule has 3 aromatic rings. The second-order valence-corrected chi connectivity index (χ2v) is 4.22. The van der Waals surface area contributed by atoms with Gasteiger partial charge in [-0.3, -0.25) is 0 Å². The molecule has 0 radical (unpaired) electrons. The molecule has 0 saturated heterocycles. The zero-order chi connectivity index (χ0) is 13.8. The highest BCUT2D eigenvalue weighted by Gasteiger charge is 2.06. The maximum Gasteiger partial charge on any atom is 0.141 e. The number of benzene rings is 2. The Morgan fingerprint density at radius 1 is 1.15 bits per heavy atom. The molecule has 0 spiro atoms. The third-order valence-electron chi connectivity index (χ3n) is 2.96. The van der Waals surface area contributed by atoms with E-state index in [4.69, 9.17) is 4.74 Å². The van der Waals surface area contributed by atoms with Crippen LogP contribution in [0.4, 0.5) is 0 Å². The average molecular weight is 266 g/mol. The van der Waals surface area contributed by atoms with Gasteiger partial charge < -0.3 is 4.74 Å². The van der Waals surface area contributed by atoms with Crippen molar-refractivity contribution in [1.29, 1.82) is 0 Å². The van der Waals surface area contributed by atoms with Crippen molar-refractivity contribution in [3.05, 3.63) is 54.6 Å². The minimum Gasteiger partial charge on any atom is -0.493 e. The lowest BCUT2D eigenvalue weighted by Crippen LogP contribution is -1.98. The molecule has 0 atom stereocenters. The highest BCUT2D eigenvalue weighted by molar-refractivity contribution is 6.02. The lowest BCUT2D eigenvalue weighted by molar-refractivity contribution is 0.340. The first-order valence-corrected chi connectivity index (χ1v) is 6.42. The Morgan fingerprint density at radius 2 is 1.95 bits per heavy atom. The summed E-state index contributed by atoms with van der Waals surface area (Å²) in [6, 6.07) is 12.2. The summed E-state index contributed by atoms with van der Waals surface area (Å²) in [6.45, 7) is 2.59. The minimum absolute atomic E-state index is 0.617. The SMILES string of the molecule is CCOc1ccc2ccccc2c1C=Nn1cnnc1. The van der Waals surface area contributed by atoms with Gasteiger partial charge in [0.15, 0.2) is 0 Å². The van der Waals surface area contributed by atoms with Gasteiger partial charge in [-0.2, -0.15) is 5.10 Å². The molecule has 0 aliphatic heterocycles. The molecule has 0 amide bonds. The van der Waals surface area contributed by atoms with Crippen LogP contribution in [0.5, 0.6) is 5.75 Å². The van der Waals surface area contributed by atoms with Gasteiger partial charge in [0.1, 0.15) is 18.4 Å². The van der Waals surface area contributed by atoms with Crippen molar-refractivity contribution < 1.29 is 4.74 Å². The van der Waals surface area contributed by atoms with Crippen LogP contribution in [-0.2, 0) is 0 Å². The van der Waals surface area contributed by atoms with Crippen molar-refractivity contribution in [2.24, 2.45) is 5.10 Å². The van der Waals surface area contributed by atoms with Crippen LogP contribution in [0.3, 0.4) is 0 Å². The third kappa shape index (κ3) is 2.38. The summed E-state index contributed by atoms with van der Waals surface area (Å²) in [4.78, 5) is 0. The number of rotatable bonds is 4. The topological polar surface area (TPSA) is 52.3 Å². The van der Waals surface area contributed by atoms with E-state index in [0.29, 0.717) is 6.61 Å². The van der Waals surface area contributed by atoms with Crippen LogP contribution in [0.2, 0.25) is 0 Å². The number of fused-ring (bicyclic) bond motifs is 1. The van der Waals surface area contributed by atoms with Gasteiger partial charge in [-0.25, -0.2) is 4.68 Å². The molecule has 0 bridgehead atoms. The van der Waals surface area contributed by atoms with Gasteiger partial charge in [-0.05, 0) is 23.8 Å². The first-order valence-electron chi connectivity index (χ1n) is 6.42. The second kappa shape index (κ2) is 5.52. The molecule has 2 aromatic carbocycles. The minimum atomic E-state index is 0.617. The predicted octanol–water partition coefficient (Wildman–Crippen LogP) is 2.71. The van der Waals surface area contributed by atoms with Crippen LogP contribution in [0.25, 0.3) is 10.8 Å². The van der Waals surface area contributed by atoms with Crippen LogP contribution >= 0.6 is 0 Å². The molecular weight excluding hydrogens is 252 g/mol. The molecule has 1 heterocycles. The van der Waals surface area contributed by atoms with Crippen molar-refractivity contribution in [1.82, 2.24) is 14.9 Å². The van der Waals surface area contributed by atoms with Gasteiger partial charge in [0, 0.05) is 5.56 Å². The molecule has 0 N–H and O–H groups in total. The summed E-state index contributed by atoms with van der Waals surface area (Å²) < 4.78 is 7.24. The largest absolute Gasteiger partial charge is 0.493 e. The van der Waals surface area contributed by atoms with E-state index in [2.05, 4.69) is 33.5 Å². The Morgan fingerprint density at radius 3 is 2.75 bits per heavy atom. The highest BCUT2D eigenvalue weighted by Crippen LogP contribution is 2.26. The monoisotopic (exact) mass is 266 g/mol. The number of ether oxygens (including phenoxy) is 1. The van der Waals surface area contributed by atoms with E-state index >= 15 is 0 Å². The zero-order valence-electron chi connectivity index (χ0n) is 11.1. The molecule has 100 valence electrons. The lowest BCUT2D eigenvalue weighted by atomic mass is 10.0. The number of nitrogens with zero attached hydrogens (tertiary/aromatic N) is 4. The Kier molecular flexibility index (Phi) is 3.41. The zero-order valence-corrected chi connectivity index (χ0v) is 11.1. The fraction of sp³-hybridized carbons (Fsp3) is 0.133. The van der Waals surface area contributed by atoms with E-state index in [1.165, 1.54) is 0 Å². The molecule has 5 heteroatoms. The lowest BCUT2D eigenvalue weighted by Gasteiger charge is -2.09. The molecule has 3 rings (SSSR count). The van der Waals surface area contributed by atoms with Crippen LogP contribution in [-0.4, -0.2) is 27.7 Å². The van der Waals surface area contributed by atoms with Gasteiger partial charge in [-0.1, -0.05) is 30.3 Å². The quantitative estimate of drug-likeness (QED) is 0.682. The van der Waals surface area contributed by atoms with Crippen molar-refractivity contribution >= 4 is 17.0 Å². The summed E-state index contributed by atoms with van der Waals surface area (Å²) in [6.07, 6.45) is 4.86. The molecule has 20 heavy (non-hydrogen) atoms. The molecular formula is C15H14N4O. The van der Waals surface area contributed by atoms with Gasteiger partial charge in [0.2, 0.25) is 0 Å². The Bertz CT molecular complexity index is 735. The average Bonchev–Trinajstić information content (AvgIpc) is 2.99. The summed E-state index contributed by atoms with van der Waals surface area (Å²) in [5.74, 6) is 0.822. The molecule has 0 fully saturated rings. The fourth-order valence-corrected chi connectivity index (χ4v) is 2.07.